The van der Waals surface area contributed by atoms with Gasteiger partial charge in [0.25, 0.3) is 0 Å². The molecule has 0 aromatic heterocycles. The van der Waals surface area contributed by atoms with Gasteiger partial charge < -0.3 is 4.74 Å². The van der Waals surface area contributed by atoms with E-state index in [2.05, 4.69) is 0 Å². The first-order valence-corrected chi connectivity index (χ1v) is 7.58. The SMILES string of the molecule is COC(=O)c1ccc2c(c1)N(Cc1ccccc1)C(=O)N(C)N2C. The first-order valence-electron chi connectivity index (χ1n) is 7.58. The van der Waals surface area contributed by atoms with E-state index in [-0.39, 0.29) is 6.03 Å². The van der Waals surface area contributed by atoms with Gasteiger partial charge in [-0.15, -0.1) is 0 Å². The lowest BCUT2D eigenvalue weighted by Crippen LogP contribution is -2.53. The number of urea groups is 1. The number of hydrogen-bond acceptors (Lipinski definition) is 4. The summed E-state index contributed by atoms with van der Waals surface area (Å²) >= 11 is 0. The van der Waals surface area contributed by atoms with Gasteiger partial charge in [0.2, 0.25) is 0 Å². The van der Waals surface area contributed by atoms with E-state index >= 15 is 0 Å². The topological polar surface area (TPSA) is 53.1 Å². The molecule has 0 saturated heterocycles. The van der Waals surface area contributed by atoms with Crippen molar-refractivity contribution in [2.24, 2.45) is 0 Å². The standard InChI is InChI=1S/C18H19N3O3/c1-19-15-10-9-14(17(22)24-3)11-16(15)21(18(23)20(19)2)12-13-7-5-4-6-8-13/h4-11H,12H2,1-3H3. The summed E-state index contributed by atoms with van der Waals surface area (Å²) in [5.41, 5.74) is 2.96. The van der Waals surface area contributed by atoms with Gasteiger partial charge >= 0.3 is 12.0 Å². The highest BCUT2D eigenvalue weighted by Crippen LogP contribution is 2.36. The van der Waals surface area contributed by atoms with Crippen molar-refractivity contribution in [3.63, 3.8) is 0 Å². The zero-order valence-corrected chi connectivity index (χ0v) is 13.9. The third-order valence-corrected chi connectivity index (χ3v) is 4.18. The molecule has 1 aliphatic rings. The van der Waals surface area contributed by atoms with Gasteiger partial charge in [-0.25, -0.2) is 14.6 Å². The molecule has 0 radical (unpaired) electrons. The van der Waals surface area contributed by atoms with Crippen molar-refractivity contribution >= 4 is 23.4 Å². The number of rotatable bonds is 3. The molecular formula is C18H19N3O3. The zero-order valence-electron chi connectivity index (χ0n) is 13.9. The van der Waals surface area contributed by atoms with Crippen molar-refractivity contribution in [3.8, 4) is 0 Å². The summed E-state index contributed by atoms with van der Waals surface area (Å²) in [6, 6.07) is 14.8. The van der Waals surface area contributed by atoms with Gasteiger partial charge in [-0.2, -0.15) is 0 Å². The molecule has 0 N–H and O–H groups in total. The molecule has 1 heterocycles. The Kier molecular flexibility index (Phi) is 4.12. The molecule has 0 fully saturated rings. The number of fused-ring (bicyclic) bond motifs is 1. The highest BCUT2D eigenvalue weighted by atomic mass is 16.5. The van der Waals surface area contributed by atoms with Crippen LogP contribution in [-0.2, 0) is 11.3 Å². The third kappa shape index (κ3) is 2.67. The number of ether oxygens (including phenoxy) is 1. The number of esters is 1. The van der Waals surface area contributed by atoms with Crippen molar-refractivity contribution in [1.29, 1.82) is 0 Å². The zero-order chi connectivity index (χ0) is 17.3. The van der Waals surface area contributed by atoms with E-state index in [4.69, 9.17) is 4.74 Å². The number of anilines is 2. The summed E-state index contributed by atoms with van der Waals surface area (Å²) in [5.74, 6) is -0.425. The van der Waals surface area contributed by atoms with Crippen LogP contribution in [-0.4, -0.2) is 38.2 Å². The second-order valence-corrected chi connectivity index (χ2v) is 5.60. The van der Waals surface area contributed by atoms with Gasteiger partial charge in [-0.1, -0.05) is 30.3 Å². The Labute approximate surface area is 140 Å². The Hall–Kier alpha value is -3.02. The van der Waals surface area contributed by atoms with Crippen LogP contribution in [0.25, 0.3) is 0 Å². The van der Waals surface area contributed by atoms with Gasteiger partial charge in [0.05, 0.1) is 30.6 Å². The fourth-order valence-corrected chi connectivity index (χ4v) is 2.74. The number of methoxy groups -OCH3 is 1. The summed E-state index contributed by atoms with van der Waals surface area (Å²) < 4.78 is 4.79. The lowest BCUT2D eigenvalue weighted by molar-refractivity contribution is 0.0600. The van der Waals surface area contributed by atoms with Crippen LogP contribution < -0.4 is 9.91 Å². The van der Waals surface area contributed by atoms with Crippen LogP contribution in [0.5, 0.6) is 0 Å². The van der Waals surface area contributed by atoms with Crippen LogP contribution in [0.2, 0.25) is 0 Å². The van der Waals surface area contributed by atoms with E-state index in [1.807, 2.05) is 43.4 Å². The number of carbonyl (C=O) groups is 2. The quantitative estimate of drug-likeness (QED) is 0.814. The fraction of sp³-hybridized carbons (Fsp3) is 0.222. The molecule has 24 heavy (non-hydrogen) atoms. The number of hydrazine groups is 1. The average Bonchev–Trinajstić information content (AvgIpc) is 2.63. The number of amides is 2. The van der Waals surface area contributed by atoms with E-state index in [0.29, 0.717) is 17.8 Å². The van der Waals surface area contributed by atoms with Crippen molar-refractivity contribution in [2.45, 2.75) is 6.54 Å². The Morgan fingerprint density at radius 1 is 1.00 bits per heavy atom. The fourth-order valence-electron chi connectivity index (χ4n) is 2.74. The molecule has 0 spiro atoms. The molecule has 0 bridgehead atoms. The van der Waals surface area contributed by atoms with E-state index in [1.165, 1.54) is 7.11 Å². The van der Waals surface area contributed by atoms with Crippen LogP contribution in [0, 0.1) is 0 Å². The Bertz CT molecular complexity index is 776. The van der Waals surface area contributed by atoms with Gasteiger partial charge in [0, 0.05) is 14.1 Å². The highest BCUT2D eigenvalue weighted by Gasteiger charge is 2.32. The molecular weight excluding hydrogens is 306 g/mol. The molecule has 0 unspecified atom stereocenters. The van der Waals surface area contributed by atoms with E-state index < -0.39 is 5.97 Å². The molecule has 6 heteroatoms. The molecule has 0 atom stereocenters. The maximum absolute atomic E-state index is 12.7. The third-order valence-electron chi connectivity index (χ3n) is 4.18. The van der Waals surface area contributed by atoms with E-state index in [0.717, 1.165) is 11.3 Å². The number of hydrogen-bond donors (Lipinski definition) is 0. The first-order chi connectivity index (χ1) is 11.5. The van der Waals surface area contributed by atoms with Crippen molar-refractivity contribution in [3.05, 3.63) is 59.7 Å². The molecule has 124 valence electrons. The molecule has 6 nitrogen and oxygen atoms in total. The highest BCUT2D eigenvalue weighted by molar-refractivity contribution is 6.02. The number of benzene rings is 2. The first kappa shape index (κ1) is 15.9. The smallest absolute Gasteiger partial charge is 0.343 e. The summed E-state index contributed by atoms with van der Waals surface area (Å²) in [7, 11) is 4.88. The monoisotopic (exact) mass is 325 g/mol. The van der Waals surface area contributed by atoms with Crippen molar-refractivity contribution in [2.75, 3.05) is 31.1 Å². The molecule has 1 aliphatic heterocycles. The summed E-state index contributed by atoms with van der Waals surface area (Å²) in [4.78, 5) is 26.3. The minimum Gasteiger partial charge on any atom is -0.465 e. The Morgan fingerprint density at radius 3 is 2.38 bits per heavy atom. The van der Waals surface area contributed by atoms with Crippen LogP contribution in [0.1, 0.15) is 15.9 Å². The van der Waals surface area contributed by atoms with Crippen LogP contribution in [0.3, 0.4) is 0 Å². The summed E-state index contributed by atoms with van der Waals surface area (Å²) in [5, 5.41) is 3.31. The Balaban J connectivity index is 2.06. The van der Waals surface area contributed by atoms with E-state index in [1.54, 1.807) is 34.1 Å². The van der Waals surface area contributed by atoms with Crippen molar-refractivity contribution < 1.29 is 14.3 Å². The van der Waals surface area contributed by atoms with Crippen molar-refractivity contribution in [1.82, 2.24) is 5.01 Å². The summed E-state index contributed by atoms with van der Waals surface area (Å²) in [6.07, 6.45) is 0. The number of carbonyl (C=O) groups excluding carboxylic acids is 2. The molecule has 2 aromatic rings. The predicted molar refractivity (Wildman–Crippen MR) is 92.0 cm³/mol. The minimum absolute atomic E-state index is 0.157. The molecule has 3 rings (SSSR count). The van der Waals surface area contributed by atoms with Crippen LogP contribution >= 0.6 is 0 Å². The lowest BCUT2D eigenvalue weighted by Gasteiger charge is -2.42. The van der Waals surface area contributed by atoms with E-state index in [9.17, 15) is 9.59 Å². The normalized spacial score (nSPS) is 13.8. The summed E-state index contributed by atoms with van der Waals surface area (Å²) in [6.45, 7) is 0.426. The van der Waals surface area contributed by atoms with Gasteiger partial charge in [0.1, 0.15) is 0 Å². The van der Waals surface area contributed by atoms with Crippen LogP contribution in [0.15, 0.2) is 48.5 Å². The molecule has 2 aromatic carbocycles. The lowest BCUT2D eigenvalue weighted by atomic mass is 10.1. The molecule has 0 aliphatic carbocycles. The van der Waals surface area contributed by atoms with Crippen LogP contribution in [0.4, 0.5) is 16.2 Å². The second-order valence-electron chi connectivity index (χ2n) is 5.60. The van der Waals surface area contributed by atoms with Gasteiger partial charge in [-0.05, 0) is 23.8 Å². The predicted octanol–water partition coefficient (Wildman–Crippen LogP) is 2.90. The molecule has 2 amide bonds. The maximum Gasteiger partial charge on any atom is 0.343 e. The Morgan fingerprint density at radius 2 is 1.71 bits per heavy atom. The molecule has 0 saturated carbocycles. The minimum atomic E-state index is -0.425. The number of nitrogens with zero attached hydrogens (tertiary/aromatic N) is 3. The van der Waals surface area contributed by atoms with Gasteiger partial charge in [0.15, 0.2) is 0 Å². The van der Waals surface area contributed by atoms with Gasteiger partial charge in [-0.3, -0.25) is 9.91 Å². The average molecular weight is 325 g/mol. The second kappa shape index (κ2) is 6.23. The maximum atomic E-state index is 12.7. The largest absolute Gasteiger partial charge is 0.465 e.